The van der Waals surface area contributed by atoms with Gasteiger partial charge in [0, 0.05) is 12.1 Å². The quantitative estimate of drug-likeness (QED) is 0.372. The molecule has 0 saturated heterocycles. The normalized spacial score (nSPS) is 14.3. The first-order valence-corrected chi connectivity index (χ1v) is 7.26. The smallest absolute Gasteiger partial charge is 0.171 e. The Labute approximate surface area is 131 Å². The molecule has 0 saturated carbocycles. The zero-order valence-electron chi connectivity index (χ0n) is 11.3. The van der Waals surface area contributed by atoms with Crippen molar-refractivity contribution in [1.29, 1.82) is 0 Å². The summed E-state index contributed by atoms with van der Waals surface area (Å²) in [4.78, 5) is 4.31. The van der Waals surface area contributed by atoms with E-state index >= 15 is 0 Å². The van der Waals surface area contributed by atoms with Crippen LogP contribution in [0.2, 0.25) is 0 Å². The Kier molecular flexibility index (Phi) is 5.88. The van der Waals surface area contributed by atoms with Gasteiger partial charge in [0.05, 0.1) is 5.69 Å². The average molecular weight is 320 g/mol. The lowest BCUT2D eigenvalue weighted by Crippen LogP contribution is -2.38. The summed E-state index contributed by atoms with van der Waals surface area (Å²) in [5.41, 5.74) is 0.536. The van der Waals surface area contributed by atoms with Crippen molar-refractivity contribution >= 4 is 43.7 Å². The Bertz CT molecular complexity index is 415. The van der Waals surface area contributed by atoms with Crippen LogP contribution < -0.4 is 10.6 Å². The van der Waals surface area contributed by atoms with Crippen LogP contribution in [0.1, 0.15) is 32.6 Å². The molecule has 0 fully saturated rings. The van der Waals surface area contributed by atoms with Crippen LogP contribution in [0.3, 0.4) is 0 Å². The molecule has 1 rings (SSSR count). The summed E-state index contributed by atoms with van der Waals surface area (Å²) in [6.45, 7) is 6.57. The van der Waals surface area contributed by atoms with E-state index in [1.807, 2.05) is 26.8 Å². The molecule has 0 aliphatic carbocycles. The number of aromatic nitrogens is 1. The molecule has 4 nitrogen and oxygen atoms in total. The lowest BCUT2D eigenvalue weighted by molar-refractivity contribution is 0.159. The van der Waals surface area contributed by atoms with E-state index < -0.39 is 9.64 Å². The third-order valence-corrected chi connectivity index (χ3v) is 2.57. The molecule has 1 atom stereocenters. The van der Waals surface area contributed by atoms with Gasteiger partial charge in [0.1, 0.15) is 11.9 Å². The van der Waals surface area contributed by atoms with E-state index in [1.54, 1.807) is 12.1 Å². The fraction of sp³-hybridized carbons (Fsp3) is 0.583. The number of anilines is 1. The van der Waals surface area contributed by atoms with Crippen molar-refractivity contribution < 1.29 is 5.11 Å². The number of β-amino-alcohol motifs (C(OH)–C–C–N with tert-alkyl or cyclic N) is 1. The monoisotopic (exact) mass is 319 g/mol. The molecule has 0 radical (unpaired) electrons. The average Bonchev–Trinajstić information content (AvgIpc) is 2.23. The zero-order chi connectivity index (χ0) is 14.7. The summed E-state index contributed by atoms with van der Waals surface area (Å²) in [5, 5.41) is 16.2. The highest BCUT2D eigenvalue weighted by Gasteiger charge is 2.17. The molecule has 0 bridgehead atoms. The van der Waals surface area contributed by atoms with Gasteiger partial charge in [0.2, 0.25) is 0 Å². The Hall–Kier alpha value is -0.0800. The lowest BCUT2D eigenvalue weighted by atomic mass is 10.1. The first-order valence-electron chi connectivity index (χ1n) is 5.92. The van der Waals surface area contributed by atoms with Crippen molar-refractivity contribution in [2.45, 2.75) is 35.9 Å². The van der Waals surface area contributed by atoms with Gasteiger partial charge in [0.15, 0.2) is 3.54 Å². The molecule has 1 aromatic rings. The highest BCUT2D eigenvalue weighted by atomic mass is 32.2. The summed E-state index contributed by atoms with van der Waals surface area (Å²) in [6.07, 6.45) is -0.671. The molecule has 3 N–H and O–H groups in total. The summed E-state index contributed by atoms with van der Waals surface area (Å²) >= 11 is 12.4. The van der Waals surface area contributed by atoms with Gasteiger partial charge >= 0.3 is 0 Å². The number of hydrogen-bond donors (Lipinski definition) is 6. The van der Waals surface area contributed by atoms with Crippen molar-refractivity contribution in [3.63, 3.8) is 0 Å². The molecular formula is C12H21N3OS3. The predicted molar refractivity (Wildman–Crippen MR) is 90.3 cm³/mol. The molecule has 108 valence electrons. The van der Waals surface area contributed by atoms with Gasteiger partial charge < -0.3 is 15.7 Å². The molecule has 1 heterocycles. The number of nitrogens with one attached hydrogen (secondary N) is 2. The first kappa shape index (κ1) is 17.0. The maximum absolute atomic E-state index is 10.1. The van der Waals surface area contributed by atoms with Crippen LogP contribution in [-0.2, 0) is 0 Å². The highest BCUT2D eigenvalue weighted by molar-refractivity contribution is 8.17. The van der Waals surface area contributed by atoms with E-state index in [0.717, 1.165) is 0 Å². The molecular weight excluding hydrogens is 298 g/mol. The number of rotatable bonds is 5. The van der Waals surface area contributed by atoms with E-state index in [4.69, 9.17) is 0 Å². The number of hydrogen-bond acceptors (Lipinski definition) is 7. The number of aliphatic hydroxyl groups is 1. The number of nitrogens with zero attached hydrogens (tertiary/aromatic N) is 1. The van der Waals surface area contributed by atoms with Gasteiger partial charge in [-0.1, -0.05) is 6.07 Å². The van der Waals surface area contributed by atoms with E-state index in [-0.39, 0.29) is 5.54 Å². The Morgan fingerprint density at radius 3 is 2.42 bits per heavy atom. The van der Waals surface area contributed by atoms with Crippen LogP contribution in [0.5, 0.6) is 0 Å². The van der Waals surface area contributed by atoms with E-state index in [0.29, 0.717) is 18.1 Å². The van der Waals surface area contributed by atoms with Crippen molar-refractivity contribution in [3.8, 4) is 0 Å². The molecule has 0 aliphatic heterocycles. The second-order valence-electron chi connectivity index (χ2n) is 5.35. The minimum atomic E-state index is -0.958. The van der Waals surface area contributed by atoms with Crippen LogP contribution in [0, 0.1) is 0 Å². The molecule has 19 heavy (non-hydrogen) atoms. The van der Waals surface area contributed by atoms with E-state index in [1.165, 1.54) is 0 Å². The van der Waals surface area contributed by atoms with Gasteiger partial charge in [-0.25, -0.2) is 4.98 Å². The van der Waals surface area contributed by atoms with Crippen molar-refractivity contribution in [1.82, 2.24) is 10.3 Å². The maximum atomic E-state index is 10.1. The Morgan fingerprint density at radius 2 is 1.89 bits per heavy atom. The summed E-state index contributed by atoms with van der Waals surface area (Å²) in [6, 6.07) is 5.36. The van der Waals surface area contributed by atoms with Gasteiger partial charge in [-0.3, -0.25) is 0 Å². The van der Waals surface area contributed by atoms with Gasteiger partial charge in [-0.05, 0) is 32.9 Å². The fourth-order valence-electron chi connectivity index (χ4n) is 1.39. The summed E-state index contributed by atoms with van der Waals surface area (Å²) in [5.74, 6) is 0.562. The third kappa shape index (κ3) is 7.31. The molecule has 0 amide bonds. The second-order valence-corrected chi connectivity index (χ2v) is 8.43. The molecule has 0 spiro atoms. The van der Waals surface area contributed by atoms with E-state index in [2.05, 4.69) is 53.5 Å². The van der Waals surface area contributed by atoms with Crippen molar-refractivity contribution in [3.05, 3.63) is 23.9 Å². The first-order chi connectivity index (χ1) is 8.57. The second kappa shape index (κ2) is 6.58. The molecule has 0 unspecified atom stereocenters. The van der Waals surface area contributed by atoms with Crippen molar-refractivity contribution in [2.75, 3.05) is 11.9 Å². The molecule has 0 aliphatic rings. The van der Waals surface area contributed by atoms with Crippen LogP contribution in [-0.4, -0.2) is 25.7 Å². The minimum absolute atomic E-state index is 0.0483. The number of thiol groups is 3. The zero-order valence-corrected chi connectivity index (χ0v) is 13.9. The van der Waals surface area contributed by atoms with Crippen LogP contribution in [0.15, 0.2) is 18.2 Å². The SMILES string of the molecule is CC(C)(C)NC[C@H](O)c1cccc(NC(S)(S)S)n1. The third-order valence-electron chi connectivity index (χ3n) is 2.23. The minimum Gasteiger partial charge on any atom is -0.385 e. The van der Waals surface area contributed by atoms with Gasteiger partial charge in [-0.2, -0.15) is 0 Å². The molecule has 7 heteroatoms. The van der Waals surface area contributed by atoms with Crippen LogP contribution in [0.4, 0.5) is 5.82 Å². The maximum Gasteiger partial charge on any atom is 0.171 e. The Balaban J connectivity index is 2.70. The standard InChI is InChI=1S/C12H21N3OS3/c1-11(2,3)13-7-9(16)8-5-4-6-10(14-8)15-12(17,18)19/h4-6,9,13,16-19H,7H2,1-3H3,(H,14,15)/t9-/m0/s1. The van der Waals surface area contributed by atoms with Gasteiger partial charge in [-0.15, -0.1) is 37.9 Å². The van der Waals surface area contributed by atoms with E-state index in [9.17, 15) is 5.11 Å². The van der Waals surface area contributed by atoms with Crippen LogP contribution in [0.25, 0.3) is 0 Å². The van der Waals surface area contributed by atoms with Crippen molar-refractivity contribution in [2.24, 2.45) is 0 Å². The van der Waals surface area contributed by atoms with Gasteiger partial charge in [0.25, 0.3) is 0 Å². The Morgan fingerprint density at radius 1 is 1.26 bits per heavy atom. The molecule has 0 aromatic carbocycles. The lowest BCUT2D eigenvalue weighted by Gasteiger charge is -2.23. The number of aliphatic hydroxyl groups excluding tert-OH is 1. The van der Waals surface area contributed by atoms with Crippen LogP contribution >= 0.6 is 37.9 Å². The molecule has 1 aromatic heterocycles. The fourth-order valence-corrected chi connectivity index (χ4v) is 1.73. The summed E-state index contributed by atoms with van der Waals surface area (Å²) in [7, 11) is 0. The predicted octanol–water partition coefficient (Wildman–Crippen LogP) is 2.32. The summed E-state index contributed by atoms with van der Waals surface area (Å²) < 4.78 is -0.958. The number of pyridine rings is 1. The largest absolute Gasteiger partial charge is 0.385 e. The highest BCUT2D eigenvalue weighted by Crippen LogP contribution is 2.26. The topological polar surface area (TPSA) is 57.2 Å².